The van der Waals surface area contributed by atoms with Gasteiger partial charge in [0.05, 0.1) is 11.7 Å². The molecule has 0 saturated carbocycles. The summed E-state index contributed by atoms with van der Waals surface area (Å²) in [7, 11) is 0. The molecule has 0 bridgehead atoms. The molecule has 1 N–H and O–H groups in total. The first-order valence-corrected chi connectivity index (χ1v) is 7.26. The Morgan fingerprint density at radius 3 is 2.38 bits per heavy atom. The molecule has 1 amide bonds. The first kappa shape index (κ1) is 15.8. The summed E-state index contributed by atoms with van der Waals surface area (Å²) in [4.78, 5) is 16.0. The number of hydrogen-bond acceptors (Lipinski definition) is 3. The van der Waals surface area contributed by atoms with Crippen LogP contribution >= 0.6 is 0 Å². The van der Waals surface area contributed by atoms with Gasteiger partial charge >= 0.3 is 0 Å². The predicted molar refractivity (Wildman–Crippen MR) is 83.6 cm³/mol. The van der Waals surface area contributed by atoms with Gasteiger partial charge in [-0.3, -0.25) is 4.79 Å². The van der Waals surface area contributed by atoms with E-state index in [1.165, 1.54) is 12.4 Å². The van der Waals surface area contributed by atoms with Gasteiger partial charge in [-0.1, -0.05) is 18.2 Å². The summed E-state index contributed by atoms with van der Waals surface area (Å²) in [6.07, 6.45) is 3.00. The van der Waals surface area contributed by atoms with Crippen molar-refractivity contribution in [1.29, 1.82) is 0 Å². The Balaban J connectivity index is 1.75. The van der Waals surface area contributed by atoms with Gasteiger partial charge in [-0.25, -0.2) is 18.4 Å². The highest BCUT2D eigenvalue weighted by molar-refractivity contribution is 5.95. The van der Waals surface area contributed by atoms with Crippen molar-refractivity contribution in [1.82, 2.24) is 20.1 Å². The highest BCUT2D eigenvalue weighted by atomic mass is 19.1. The van der Waals surface area contributed by atoms with Crippen LogP contribution in [-0.4, -0.2) is 20.7 Å². The highest BCUT2D eigenvalue weighted by Crippen LogP contribution is 2.17. The van der Waals surface area contributed by atoms with E-state index in [9.17, 15) is 13.6 Å². The van der Waals surface area contributed by atoms with Gasteiger partial charge in [-0.15, -0.1) is 0 Å². The standard InChI is InChI=1S/C17H14F2N4O/c1-11(22-17(24)16-14(18)3-2-4-15(16)19)12-5-7-13(8-6-12)23-10-20-9-21-23/h2-11H,1H3,(H,22,24). The second-order valence-corrected chi connectivity index (χ2v) is 5.22. The molecule has 3 rings (SSSR count). The summed E-state index contributed by atoms with van der Waals surface area (Å²) in [5.41, 5.74) is 1.03. The number of nitrogens with zero attached hydrogens (tertiary/aromatic N) is 3. The first-order chi connectivity index (χ1) is 11.6. The lowest BCUT2D eigenvalue weighted by atomic mass is 10.1. The maximum atomic E-state index is 13.6. The number of rotatable bonds is 4. The predicted octanol–water partition coefficient (Wildman–Crippen LogP) is 3.04. The lowest BCUT2D eigenvalue weighted by Crippen LogP contribution is -2.28. The van der Waals surface area contributed by atoms with Gasteiger partial charge in [0.1, 0.15) is 29.9 Å². The van der Waals surface area contributed by atoms with Crippen molar-refractivity contribution >= 4 is 5.91 Å². The van der Waals surface area contributed by atoms with Crippen molar-refractivity contribution in [3.63, 3.8) is 0 Å². The fourth-order valence-corrected chi connectivity index (χ4v) is 2.32. The number of nitrogens with one attached hydrogen (secondary N) is 1. The average Bonchev–Trinajstić information content (AvgIpc) is 3.09. The number of carbonyl (C=O) groups is 1. The van der Waals surface area contributed by atoms with Crippen LogP contribution < -0.4 is 5.32 Å². The monoisotopic (exact) mass is 328 g/mol. The molecule has 1 atom stereocenters. The molecular weight excluding hydrogens is 314 g/mol. The molecule has 1 unspecified atom stereocenters. The van der Waals surface area contributed by atoms with E-state index >= 15 is 0 Å². The molecule has 0 aliphatic carbocycles. The van der Waals surface area contributed by atoms with Gasteiger partial charge in [0.25, 0.3) is 5.91 Å². The van der Waals surface area contributed by atoms with Gasteiger partial charge in [0.15, 0.2) is 0 Å². The van der Waals surface area contributed by atoms with Crippen molar-refractivity contribution < 1.29 is 13.6 Å². The molecule has 7 heteroatoms. The SMILES string of the molecule is CC(NC(=O)c1c(F)cccc1F)c1ccc(-n2cncn2)cc1. The van der Waals surface area contributed by atoms with Gasteiger partial charge < -0.3 is 5.32 Å². The normalized spacial score (nSPS) is 12.0. The molecule has 0 radical (unpaired) electrons. The van der Waals surface area contributed by atoms with E-state index < -0.39 is 29.1 Å². The molecule has 0 aliphatic heterocycles. The van der Waals surface area contributed by atoms with Crippen molar-refractivity contribution in [2.45, 2.75) is 13.0 Å². The van der Waals surface area contributed by atoms with Crippen LogP contribution in [0.1, 0.15) is 28.9 Å². The number of aromatic nitrogens is 3. The Morgan fingerprint density at radius 2 is 1.79 bits per heavy atom. The number of amides is 1. The zero-order valence-electron chi connectivity index (χ0n) is 12.8. The van der Waals surface area contributed by atoms with Gasteiger partial charge in [-0.2, -0.15) is 5.10 Å². The van der Waals surface area contributed by atoms with E-state index in [4.69, 9.17) is 0 Å². The average molecular weight is 328 g/mol. The van der Waals surface area contributed by atoms with Crippen LogP contribution in [-0.2, 0) is 0 Å². The Morgan fingerprint density at radius 1 is 1.12 bits per heavy atom. The Bertz CT molecular complexity index is 827. The van der Waals surface area contributed by atoms with Crippen LogP contribution in [0.25, 0.3) is 5.69 Å². The minimum Gasteiger partial charge on any atom is -0.345 e. The van der Waals surface area contributed by atoms with Gasteiger partial charge in [-0.05, 0) is 36.8 Å². The fourth-order valence-electron chi connectivity index (χ4n) is 2.32. The second-order valence-electron chi connectivity index (χ2n) is 5.22. The minimum atomic E-state index is -0.888. The van der Waals surface area contributed by atoms with E-state index in [1.54, 1.807) is 30.1 Å². The van der Waals surface area contributed by atoms with E-state index in [-0.39, 0.29) is 0 Å². The zero-order valence-corrected chi connectivity index (χ0v) is 12.8. The third kappa shape index (κ3) is 3.15. The van der Waals surface area contributed by atoms with Crippen molar-refractivity contribution in [2.75, 3.05) is 0 Å². The molecule has 0 aliphatic rings. The minimum absolute atomic E-state index is 0.415. The maximum Gasteiger partial charge on any atom is 0.257 e. The maximum absolute atomic E-state index is 13.6. The number of carbonyl (C=O) groups excluding carboxylic acids is 1. The fraction of sp³-hybridized carbons (Fsp3) is 0.118. The largest absolute Gasteiger partial charge is 0.345 e. The van der Waals surface area contributed by atoms with Crippen molar-refractivity contribution in [2.24, 2.45) is 0 Å². The molecule has 3 aromatic rings. The molecule has 0 saturated heterocycles. The zero-order chi connectivity index (χ0) is 17.1. The van der Waals surface area contributed by atoms with Crippen molar-refractivity contribution in [3.05, 3.63) is 77.9 Å². The molecule has 0 fully saturated rings. The van der Waals surface area contributed by atoms with E-state index in [1.807, 2.05) is 12.1 Å². The molecular formula is C17H14F2N4O. The summed E-state index contributed by atoms with van der Waals surface area (Å²) < 4.78 is 28.9. The lowest BCUT2D eigenvalue weighted by Gasteiger charge is -2.15. The summed E-state index contributed by atoms with van der Waals surface area (Å²) in [5, 5.41) is 6.62. The smallest absolute Gasteiger partial charge is 0.257 e. The summed E-state index contributed by atoms with van der Waals surface area (Å²) >= 11 is 0. The van der Waals surface area contributed by atoms with Crippen LogP contribution in [0.5, 0.6) is 0 Å². The van der Waals surface area contributed by atoms with E-state index in [2.05, 4.69) is 15.4 Å². The first-order valence-electron chi connectivity index (χ1n) is 7.26. The van der Waals surface area contributed by atoms with E-state index in [0.29, 0.717) is 0 Å². The topological polar surface area (TPSA) is 59.8 Å². The van der Waals surface area contributed by atoms with Crippen LogP contribution in [0.2, 0.25) is 0 Å². The third-order valence-electron chi connectivity index (χ3n) is 3.61. The van der Waals surface area contributed by atoms with Crippen LogP contribution in [0, 0.1) is 11.6 Å². The molecule has 1 aromatic heterocycles. The highest BCUT2D eigenvalue weighted by Gasteiger charge is 2.19. The molecule has 0 spiro atoms. The van der Waals surface area contributed by atoms with Crippen LogP contribution in [0.3, 0.4) is 0 Å². The van der Waals surface area contributed by atoms with Gasteiger partial charge in [0.2, 0.25) is 0 Å². The number of halogens is 2. The van der Waals surface area contributed by atoms with Crippen molar-refractivity contribution in [3.8, 4) is 5.69 Å². The van der Waals surface area contributed by atoms with Crippen LogP contribution in [0.4, 0.5) is 8.78 Å². The molecule has 1 heterocycles. The molecule has 5 nitrogen and oxygen atoms in total. The summed E-state index contributed by atoms with van der Waals surface area (Å²) in [6.45, 7) is 1.74. The number of benzene rings is 2. The second kappa shape index (κ2) is 6.57. The van der Waals surface area contributed by atoms with Gasteiger partial charge in [0, 0.05) is 0 Å². The molecule has 122 valence electrons. The Labute approximate surface area is 137 Å². The molecule has 2 aromatic carbocycles. The van der Waals surface area contributed by atoms with Crippen LogP contribution in [0.15, 0.2) is 55.1 Å². The lowest BCUT2D eigenvalue weighted by molar-refractivity contribution is 0.0931. The summed E-state index contributed by atoms with van der Waals surface area (Å²) in [5.74, 6) is -2.57. The summed E-state index contributed by atoms with van der Waals surface area (Å²) in [6, 6.07) is 10.1. The Kier molecular flexibility index (Phi) is 4.33. The van der Waals surface area contributed by atoms with E-state index in [0.717, 1.165) is 23.4 Å². The third-order valence-corrected chi connectivity index (χ3v) is 3.61. The molecule has 24 heavy (non-hydrogen) atoms. The number of hydrogen-bond donors (Lipinski definition) is 1. The quantitative estimate of drug-likeness (QED) is 0.801. The Hall–Kier alpha value is -3.09.